The zero-order chi connectivity index (χ0) is 26.2. The van der Waals surface area contributed by atoms with Gasteiger partial charge in [0.1, 0.15) is 5.82 Å². The molecule has 0 aliphatic rings. The van der Waals surface area contributed by atoms with Gasteiger partial charge in [0, 0.05) is 32.8 Å². The van der Waals surface area contributed by atoms with E-state index in [4.69, 9.17) is 14.6 Å². The molecule has 0 radical (unpaired) electrons. The molecule has 4 rings (SSSR count). The van der Waals surface area contributed by atoms with Gasteiger partial charge in [-0.05, 0) is 36.2 Å². The van der Waals surface area contributed by atoms with E-state index in [1.807, 2.05) is 67.6 Å². The van der Waals surface area contributed by atoms with Gasteiger partial charge in [-0.25, -0.2) is 13.5 Å². The maximum atomic E-state index is 14.6. The minimum atomic E-state index is -0.805. The summed E-state index contributed by atoms with van der Waals surface area (Å²) < 4.78 is 41.2. The van der Waals surface area contributed by atoms with Crippen LogP contribution >= 0.6 is 0 Å². The number of halogens is 2. The van der Waals surface area contributed by atoms with Crippen molar-refractivity contribution in [2.75, 3.05) is 26.8 Å². The maximum Gasteiger partial charge on any atom is 0.227 e. The molecule has 0 saturated carbocycles. The molecule has 1 heterocycles. The van der Waals surface area contributed by atoms with E-state index in [9.17, 15) is 13.9 Å². The van der Waals surface area contributed by atoms with Crippen LogP contribution in [0, 0.1) is 11.6 Å². The van der Waals surface area contributed by atoms with Crippen LogP contribution < -0.4 is 4.74 Å². The molecule has 3 aromatic carbocycles. The largest absolute Gasteiger partial charge is 0.435 e. The summed E-state index contributed by atoms with van der Waals surface area (Å²) in [6.07, 6.45) is -0.109. The number of aromatic nitrogens is 2. The molecule has 0 aliphatic carbocycles. The summed E-state index contributed by atoms with van der Waals surface area (Å²) in [6.45, 7) is 3.71. The third-order valence-corrected chi connectivity index (χ3v) is 6.06. The van der Waals surface area contributed by atoms with E-state index in [0.717, 1.165) is 34.6 Å². The second-order valence-corrected chi connectivity index (χ2v) is 8.66. The number of aryl methyl sites for hydroxylation is 1. The molecule has 8 heteroatoms. The van der Waals surface area contributed by atoms with Crippen molar-refractivity contribution in [1.82, 2.24) is 14.7 Å². The van der Waals surface area contributed by atoms with Crippen molar-refractivity contribution < 1.29 is 23.4 Å². The second kappa shape index (κ2) is 12.6. The molecular weight excluding hydrogens is 476 g/mol. The van der Waals surface area contributed by atoms with Crippen LogP contribution in [0.25, 0.3) is 5.69 Å². The van der Waals surface area contributed by atoms with Crippen LogP contribution in [-0.4, -0.2) is 46.6 Å². The quantitative estimate of drug-likeness (QED) is 0.267. The number of benzene rings is 3. The van der Waals surface area contributed by atoms with E-state index in [1.54, 1.807) is 11.8 Å². The van der Waals surface area contributed by atoms with Crippen LogP contribution in [0.3, 0.4) is 0 Å². The maximum absolute atomic E-state index is 14.6. The Kier molecular flexibility index (Phi) is 9.00. The molecule has 0 aliphatic heterocycles. The number of hydrogen-bond donors (Lipinski definition) is 1. The SMILES string of the molecule is CCc1nn(-c2ccccc2)c(Oc2ccc(F)cc2F)c1CN(CCOC)CC(O)c1ccccc1. The van der Waals surface area contributed by atoms with Crippen molar-refractivity contribution >= 4 is 0 Å². The Morgan fingerprint density at radius 3 is 2.35 bits per heavy atom. The smallest absolute Gasteiger partial charge is 0.227 e. The molecule has 4 aromatic rings. The normalized spacial score (nSPS) is 12.2. The van der Waals surface area contributed by atoms with Crippen molar-refractivity contribution in [2.24, 2.45) is 0 Å². The topological polar surface area (TPSA) is 59.8 Å². The Morgan fingerprint density at radius 2 is 1.70 bits per heavy atom. The first kappa shape index (κ1) is 26.5. The van der Waals surface area contributed by atoms with Crippen LogP contribution in [0.1, 0.15) is 29.8 Å². The Bertz CT molecular complexity index is 1280. The van der Waals surface area contributed by atoms with Crippen molar-refractivity contribution in [2.45, 2.75) is 26.0 Å². The number of rotatable bonds is 12. The molecule has 1 aromatic heterocycles. The Balaban J connectivity index is 1.73. The zero-order valence-corrected chi connectivity index (χ0v) is 21.0. The lowest BCUT2D eigenvalue weighted by Gasteiger charge is -2.25. The number of aliphatic hydroxyl groups is 1. The average Bonchev–Trinajstić information content (AvgIpc) is 3.26. The first-order valence-corrected chi connectivity index (χ1v) is 12.2. The Labute approximate surface area is 215 Å². The second-order valence-electron chi connectivity index (χ2n) is 8.66. The first-order valence-electron chi connectivity index (χ1n) is 12.2. The highest BCUT2D eigenvalue weighted by atomic mass is 19.1. The third-order valence-electron chi connectivity index (χ3n) is 6.06. The fourth-order valence-corrected chi connectivity index (χ4v) is 4.14. The van der Waals surface area contributed by atoms with Crippen LogP contribution in [0.2, 0.25) is 0 Å². The summed E-state index contributed by atoms with van der Waals surface area (Å²) in [7, 11) is 1.63. The van der Waals surface area contributed by atoms with Crippen molar-refractivity contribution in [1.29, 1.82) is 0 Å². The molecule has 194 valence electrons. The molecule has 1 unspecified atom stereocenters. The minimum Gasteiger partial charge on any atom is -0.435 e. The van der Waals surface area contributed by atoms with Gasteiger partial charge in [0.15, 0.2) is 11.6 Å². The lowest BCUT2D eigenvalue weighted by molar-refractivity contribution is 0.0844. The van der Waals surface area contributed by atoms with Gasteiger partial charge in [-0.2, -0.15) is 5.10 Å². The number of para-hydroxylation sites is 1. The lowest BCUT2D eigenvalue weighted by Crippen LogP contribution is -2.31. The van der Waals surface area contributed by atoms with E-state index < -0.39 is 17.7 Å². The number of ether oxygens (including phenoxy) is 2. The summed E-state index contributed by atoms with van der Waals surface area (Å²) in [5, 5.41) is 15.7. The fraction of sp³-hybridized carbons (Fsp3) is 0.276. The molecule has 0 amide bonds. The van der Waals surface area contributed by atoms with Crippen LogP contribution in [0.15, 0.2) is 78.9 Å². The van der Waals surface area contributed by atoms with E-state index >= 15 is 0 Å². The summed E-state index contributed by atoms with van der Waals surface area (Å²) in [6, 6.07) is 22.1. The zero-order valence-electron chi connectivity index (χ0n) is 21.0. The van der Waals surface area contributed by atoms with Crippen molar-refractivity contribution in [3.63, 3.8) is 0 Å². The van der Waals surface area contributed by atoms with Crippen LogP contribution in [-0.2, 0) is 17.7 Å². The number of nitrogens with zero attached hydrogens (tertiary/aromatic N) is 3. The predicted molar refractivity (Wildman–Crippen MR) is 138 cm³/mol. The van der Waals surface area contributed by atoms with Crippen LogP contribution in [0.4, 0.5) is 8.78 Å². The molecule has 1 atom stereocenters. The summed E-state index contributed by atoms with van der Waals surface area (Å²) in [4.78, 5) is 2.06. The lowest BCUT2D eigenvalue weighted by atomic mass is 10.1. The molecule has 0 bridgehead atoms. The highest BCUT2D eigenvalue weighted by Gasteiger charge is 2.24. The fourth-order valence-electron chi connectivity index (χ4n) is 4.14. The molecule has 37 heavy (non-hydrogen) atoms. The van der Waals surface area contributed by atoms with Gasteiger partial charge in [-0.15, -0.1) is 0 Å². The van der Waals surface area contributed by atoms with Gasteiger partial charge in [-0.3, -0.25) is 4.90 Å². The summed E-state index contributed by atoms with van der Waals surface area (Å²) >= 11 is 0. The van der Waals surface area contributed by atoms with E-state index in [0.29, 0.717) is 38.5 Å². The highest BCUT2D eigenvalue weighted by Crippen LogP contribution is 2.34. The van der Waals surface area contributed by atoms with Gasteiger partial charge >= 0.3 is 0 Å². The molecule has 1 N–H and O–H groups in total. The van der Waals surface area contributed by atoms with Gasteiger partial charge in [-0.1, -0.05) is 55.5 Å². The van der Waals surface area contributed by atoms with Gasteiger partial charge in [0.05, 0.1) is 29.7 Å². The highest BCUT2D eigenvalue weighted by molar-refractivity contribution is 5.44. The van der Waals surface area contributed by atoms with Crippen LogP contribution in [0.5, 0.6) is 11.6 Å². The number of methoxy groups -OCH3 is 1. The van der Waals surface area contributed by atoms with Crippen molar-refractivity contribution in [3.8, 4) is 17.3 Å². The van der Waals surface area contributed by atoms with Crippen molar-refractivity contribution in [3.05, 3.63) is 107 Å². The van der Waals surface area contributed by atoms with Gasteiger partial charge in [0.2, 0.25) is 5.88 Å². The average molecular weight is 508 g/mol. The molecule has 6 nitrogen and oxygen atoms in total. The number of aliphatic hydroxyl groups excluding tert-OH is 1. The van der Waals surface area contributed by atoms with Gasteiger partial charge < -0.3 is 14.6 Å². The standard InChI is InChI=1S/C29H31F2N3O3/c1-3-26-24(19-33(16-17-36-2)20-27(35)21-10-6-4-7-11-21)29(34(32-26)23-12-8-5-9-13-23)37-28-15-14-22(30)18-25(28)31/h4-15,18,27,35H,3,16-17,19-20H2,1-2H3. The number of hydrogen-bond acceptors (Lipinski definition) is 5. The predicted octanol–water partition coefficient (Wildman–Crippen LogP) is 5.69. The van der Waals surface area contributed by atoms with E-state index in [-0.39, 0.29) is 5.75 Å². The Morgan fingerprint density at radius 1 is 1.00 bits per heavy atom. The Hall–Kier alpha value is -3.59. The van der Waals surface area contributed by atoms with Gasteiger partial charge in [0.25, 0.3) is 0 Å². The monoisotopic (exact) mass is 507 g/mol. The first-order chi connectivity index (χ1) is 18.0. The molecule has 0 saturated heterocycles. The molecule has 0 spiro atoms. The van der Waals surface area contributed by atoms with E-state index in [1.165, 1.54) is 6.07 Å². The van der Waals surface area contributed by atoms with E-state index in [2.05, 4.69) is 4.90 Å². The minimum absolute atomic E-state index is 0.102. The summed E-state index contributed by atoms with van der Waals surface area (Å²) in [5.41, 5.74) is 3.09. The molecule has 0 fully saturated rings. The summed E-state index contributed by atoms with van der Waals surface area (Å²) in [5.74, 6) is -1.25. The molecular formula is C29H31F2N3O3. The third kappa shape index (κ3) is 6.60.